The van der Waals surface area contributed by atoms with E-state index in [0.29, 0.717) is 39.3 Å². The second kappa shape index (κ2) is 8.91. The minimum Gasteiger partial charge on any atom is -0.497 e. The van der Waals surface area contributed by atoms with E-state index >= 15 is 0 Å². The van der Waals surface area contributed by atoms with Crippen LogP contribution in [0.2, 0.25) is 0 Å². The number of methoxy groups -OCH3 is 2. The number of nitrogens with one attached hydrogen (secondary N) is 1. The summed E-state index contributed by atoms with van der Waals surface area (Å²) in [4.78, 5) is 21.2. The number of hydrogen-bond acceptors (Lipinski definition) is 8. The summed E-state index contributed by atoms with van der Waals surface area (Å²) in [6.45, 7) is 1.93. The van der Waals surface area contributed by atoms with Crippen LogP contribution in [0.1, 0.15) is 5.56 Å². The van der Waals surface area contributed by atoms with Crippen LogP contribution in [0.3, 0.4) is 0 Å². The molecule has 33 heavy (non-hydrogen) atoms. The first-order chi connectivity index (χ1) is 15.7. The van der Waals surface area contributed by atoms with Crippen LogP contribution in [-0.4, -0.2) is 51.3 Å². The van der Waals surface area contributed by atoms with E-state index in [-0.39, 0.29) is 16.6 Å². The van der Waals surface area contributed by atoms with Gasteiger partial charge in [0.2, 0.25) is 5.91 Å². The second-order valence-electron chi connectivity index (χ2n) is 7.30. The van der Waals surface area contributed by atoms with Crippen LogP contribution in [0, 0.1) is 6.92 Å². The fraction of sp³-hybridized carbons (Fsp3) is 0.227. The van der Waals surface area contributed by atoms with Crippen molar-refractivity contribution in [3.05, 3.63) is 48.2 Å². The van der Waals surface area contributed by atoms with Crippen molar-refractivity contribution in [1.29, 1.82) is 0 Å². The van der Waals surface area contributed by atoms with Crippen molar-refractivity contribution >= 4 is 39.1 Å². The molecule has 2 heterocycles. The standard InChI is InChI=1S/C22H22N4O5S2/c1-13-5-6-18-17(7-13)21-19(33(28,29)26(18)2)11-23-22(25-21)32-12-20(27)24-14-8-15(30-3)10-16(9-14)31-4/h5-11H,12H2,1-4H3,(H,24,27). The predicted octanol–water partition coefficient (Wildman–Crippen LogP) is 3.34. The Hall–Kier alpha value is -3.31. The molecule has 3 aromatic rings. The van der Waals surface area contributed by atoms with Gasteiger partial charge in [0.1, 0.15) is 16.4 Å². The number of carbonyl (C=O) groups excluding carboxylic acids is 1. The van der Waals surface area contributed by atoms with Gasteiger partial charge in [-0.25, -0.2) is 18.4 Å². The maximum atomic E-state index is 12.9. The third kappa shape index (κ3) is 4.46. The van der Waals surface area contributed by atoms with Gasteiger partial charge in [0.15, 0.2) is 5.16 Å². The van der Waals surface area contributed by atoms with E-state index in [1.165, 1.54) is 31.8 Å². The van der Waals surface area contributed by atoms with Gasteiger partial charge < -0.3 is 14.8 Å². The number of aromatic nitrogens is 2. The summed E-state index contributed by atoms with van der Waals surface area (Å²) in [5.74, 6) is 0.859. The largest absolute Gasteiger partial charge is 0.497 e. The van der Waals surface area contributed by atoms with E-state index < -0.39 is 10.0 Å². The molecule has 172 valence electrons. The van der Waals surface area contributed by atoms with Crippen molar-refractivity contribution in [3.8, 4) is 22.8 Å². The Morgan fingerprint density at radius 3 is 2.48 bits per heavy atom. The smallest absolute Gasteiger partial charge is 0.267 e. The van der Waals surface area contributed by atoms with Crippen molar-refractivity contribution < 1.29 is 22.7 Å². The molecule has 1 amide bonds. The van der Waals surface area contributed by atoms with Gasteiger partial charge in [-0.15, -0.1) is 0 Å². The first kappa shape index (κ1) is 22.9. The minimum atomic E-state index is -3.75. The maximum absolute atomic E-state index is 12.9. The molecule has 0 atom stereocenters. The lowest BCUT2D eigenvalue weighted by Crippen LogP contribution is -2.31. The van der Waals surface area contributed by atoms with Crippen LogP contribution in [0.5, 0.6) is 11.5 Å². The Morgan fingerprint density at radius 2 is 1.82 bits per heavy atom. The van der Waals surface area contributed by atoms with Crippen LogP contribution in [0.4, 0.5) is 11.4 Å². The van der Waals surface area contributed by atoms with Gasteiger partial charge in [0, 0.05) is 36.5 Å². The second-order valence-corrected chi connectivity index (χ2v) is 10.2. The fourth-order valence-electron chi connectivity index (χ4n) is 3.40. The zero-order valence-corrected chi connectivity index (χ0v) is 20.1. The molecular weight excluding hydrogens is 464 g/mol. The van der Waals surface area contributed by atoms with Gasteiger partial charge in [0.05, 0.1) is 37.6 Å². The molecule has 0 saturated heterocycles. The van der Waals surface area contributed by atoms with Crippen LogP contribution >= 0.6 is 11.8 Å². The molecule has 1 aliphatic rings. The number of carbonyl (C=O) groups is 1. The summed E-state index contributed by atoms with van der Waals surface area (Å²) >= 11 is 1.12. The fourth-order valence-corrected chi connectivity index (χ4v) is 5.32. The van der Waals surface area contributed by atoms with E-state index in [9.17, 15) is 13.2 Å². The first-order valence-corrected chi connectivity index (χ1v) is 12.3. The number of anilines is 2. The Bertz CT molecular complexity index is 1320. The van der Waals surface area contributed by atoms with Crippen LogP contribution in [-0.2, 0) is 14.8 Å². The number of benzene rings is 2. The lowest BCUT2D eigenvalue weighted by molar-refractivity contribution is -0.113. The average molecular weight is 487 g/mol. The molecule has 9 nitrogen and oxygen atoms in total. The molecule has 1 aromatic heterocycles. The van der Waals surface area contributed by atoms with Crippen molar-refractivity contribution in [2.24, 2.45) is 0 Å². The highest BCUT2D eigenvalue weighted by atomic mass is 32.2. The van der Waals surface area contributed by atoms with Crippen molar-refractivity contribution in [2.75, 3.05) is 36.6 Å². The molecule has 0 unspecified atom stereocenters. The van der Waals surface area contributed by atoms with Gasteiger partial charge in [-0.3, -0.25) is 9.10 Å². The molecule has 0 bridgehead atoms. The van der Waals surface area contributed by atoms with E-state index in [1.807, 2.05) is 19.1 Å². The maximum Gasteiger partial charge on any atom is 0.267 e. The summed E-state index contributed by atoms with van der Waals surface area (Å²) in [5.41, 5.74) is 3.10. The molecule has 0 radical (unpaired) electrons. The van der Waals surface area contributed by atoms with Crippen molar-refractivity contribution in [2.45, 2.75) is 17.0 Å². The van der Waals surface area contributed by atoms with Crippen LogP contribution in [0.15, 0.2) is 52.6 Å². The van der Waals surface area contributed by atoms with E-state index in [1.54, 1.807) is 24.3 Å². The lowest BCUT2D eigenvalue weighted by atomic mass is 10.1. The summed E-state index contributed by atoms with van der Waals surface area (Å²) < 4.78 is 37.4. The molecular formula is C22H22N4O5S2. The number of aryl methyl sites for hydroxylation is 1. The molecule has 2 aromatic carbocycles. The molecule has 0 fully saturated rings. The molecule has 0 aliphatic carbocycles. The average Bonchev–Trinajstić information content (AvgIpc) is 2.81. The summed E-state index contributed by atoms with van der Waals surface area (Å²) in [5, 5.41) is 3.09. The molecule has 1 N–H and O–H groups in total. The van der Waals surface area contributed by atoms with Crippen molar-refractivity contribution in [1.82, 2.24) is 9.97 Å². The zero-order valence-electron chi connectivity index (χ0n) is 18.4. The third-order valence-electron chi connectivity index (χ3n) is 5.09. The summed E-state index contributed by atoms with van der Waals surface area (Å²) in [6, 6.07) is 10.6. The highest BCUT2D eigenvalue weighted by molar-refractivity contribution is 7.99. The van der Waals surface area contributed by atoms with Gasteiger partial charge in [0.25, 0.3) is 10.0 Å². The monoisotopic (exact) mass is 486 g/mol. The SMILES string of the molecule is COc1cc(NC(=O)CSc2ncc3c(n2)-c2cc(C)ccc2N(C)S3(=O)=O)cc(OC)c1. The van der Waals surface area contributed by atoms with Crippen molar-refractivity contribution in [3.63, 3.8) is 0 Å². The highest BCUT2D eigenvalue weighted by Crippen LogP contribution is 2.41. The van der Waals surface area contributed by atoms with Gasteiger partial charge in [-0.05, 0) is 19.1 Å². The summed E-state index contributed by atoms with van der Waals surface area (Å²) in [7, 11) is 0.812. The molecule has 0 saturated carbocycles. The van der Waals surface area contributed by atoms with E-state index in [0.717, 1.165) is 17.3 Å². The number of nitrogens with zero attached hydrogens (tertiary/aromatic N) is 3. The lowest BCUT2D eigenvalue weighted by Gasteiger charge is -2.28. The number of sulfonamides is 1. The summed E-state index contributed by atoms with van der Waals surface area (Å²) in [6.07, 6.45) is 1.30. The van der Waals surface area contributed by atoms with Gasteiger partial charge in [-0.1, -0.05) is 23.4 Å². The molecule has 4 rings (SSSR count). The third-order valence-corrected chi connectivity index (χ3v) is 7.72. The Kier molecular flexibility index (Phi) is 6.17. The number of thioether (sulfide) groups is 1. The number of amides is 1. The molecule has 1 aliphatic heterocycles. The Balaban J connectivity index is 1.56. The normalized spacial score (nSPS) is 13.6. The topological polar surface area (TPSA) is 111 Å². The molecule has 11 heteroatoms. The number of fused-ring (bicyclic) bond motifs is 3. The zero-order chi connectivity index (χ0) is 23.8. The van der Waals surface area contributed by atoms with Crippen LogP contribution in [0.25, 0.3) is 11.3 Å². The van der Waals surface area contributed by atoms with Gasteiger partial charge in [-0.2, -0.15) is 0 Å². The first-order valence-electron chi connectivity index (χ1n) is 9.85. The highest BCUT2D eigenvalue weighted by Gasteiger charge is 2.34. The number of rotatable bonds is 6. The number of ether oxygens (including phenoxy) is 2. The Morgan fingerprint density at radius 1 is 1.12 bits per heavy atom. The quantitative estimate of drug-likeness (QED) is 0.417. The molecule has 0 spiro atoms. The minimum absolute atomic E-state index is 0.0334. The van der Waals surface area contributed by atoms with Gasteiger partial charge >= 0.3 is 0 Å². The Labute approximate surface area is 196 Å². The predicted molar refractivity (Wildman–Crippen MR) is 127 cm³/mol. The van der Waals surface area contributed by atoms with E-state index in [2.05, 4.69) is 15.3 Å². The van der Waals surface area contributed by atoms with E-state index in [4.69, 9.17) is 9.47 Å². The number of hydrogen-bond donors (Lipinski definition) is 1. The van der Waals surface area contributed by atoms with Crippen LogP contribution < -0.4 is 19.1 Å².